The predicted molar refractivity (Wildman–Crippen MR) is 162 cm³/mol. The van der Waals surface area contributed by atoms with E-state index in [2.05, 4.69) is 15.1 Å². The number of hydrogen-bond acceptors (Lipinski definition) is 7. The van der Waals surface area contributed by atoms with Gasteiger partial charge in [-0.15, -0.1) is 0 Å². The monoisotopic (exact) mass is 592 g/mol. The number of nitrogens with zero attached hydrogens (tertiary/aromatic N) is 3. The van der Waals surface area contributed by atoms with Gasteiger partial charge in [-0.1, -0.05) is 57.8 Å². The largest absolute Gasteiger partial charge is 0.480 e. The average Bonchev–Trinajstić information content (AvgIpc) is 2.97. The lowest BCUT2D eigenvalue weighted by molar-refractivity contribution is -0.158. The summed E-state index contributed by atoms with van der Waals surface area (Å²) in [5, 5.41) is 33.8. The maximum atomic E-state index is 12.7. The van der Waals surface area contributed by atoms with E-state index in [1.807, 2.05) is 4.90 Å². The van der Waals surface area contributed by atoms with Crippen molar-refractivity contribution in [3.63, 3.8) is 0 Å². The first kappa shape index (κ1) is 33.1. The maximum Gasteiger partial charge on any atom is 0.317 e. The van der Waals surface area contributed by atoms with E-state index in [9.17, 15) is 29.7 Å². The van der Waals surface area contributed by atoms with Gasteiger partial charge in [0.05, 0.1) is 19.6 Å². The van der Waals surface area contributed by atoms with Crippen LogP contribution < -0.4 is 5.32 Å². The van der Waals surface area contributed by atoms with Gasteiger partial charge in [0.1, 0.15) is 0 Å². The first-order chi connectivity index (χ1) is 20.3. The van der Waals surface area contributed by atoms with Crippen LogP contribution in [-0.2, 0) is 14.4 Å². The molecule has 10 nitrogen and oxygen atoms in total. The number of rotatable bonds is 9. The lowest BCUT2D eigenvalue weighted by Gasteiger charge is -2.63. The molecular weight excluding hydrogens is 536 g/mol. The van der Waals surface area contributed by atoms with E-state index >= 15 is 0 Å². The molecule has 4 N–H and O–H groups in total. The molecule has 0 aromatic heterocycles. The molecule has 1 saturated heterocycles. The SMILES string of the molecule is O=C(O)CN1CCNCCN(CC(=O)O)C(C2CCCCC2)(C2CCCCC2)C(C2CCCCC2)N(CC(=O)O)CC1. The average molecular weight is 593 g/mol. The Morgan fingerprint density at radius 2 is 1.10 bits per heavy atom. The van der Waals surface area contributed by atoms with E-state index in [0.29, 0.717) is 57.0 Å². The summed E-state index contributed by atoms with van der Waals surface area (Å²) in [4.78, 5) is 43.5. The van der Waals surface area contributed by atoms with Gasteiger partial charge < -0.3 is 20.6 Å². The van der Waals surface area contributed by atoms with Crippen LogP contribution in [0.1, 0.15) is 96.3 Å². The highest BCUT2D eigenvalue weighted by atomic mass is 16.4. The van der Waals surface area contributed by atoms with Crippen LogP contribution in [0.4, 0.5) is 0 Å². The molecule has 3 aliphatic carbocycles. The highest BCUT2D eigenvalue weighted by Crippen LogP contribution is 2.53. The van der Waals surface area contributed by atoms with E-state index in [-0.39, 0.29) is 25.7 Å². The highest BCUT2D eigenvalue weighted by Gasteiger charge is 2.58. The van der Waals surface area contributed by atoms with Crippen LogP contribution in [0.3, 0.4) is 0 Å². The van der Waals surface area contributed by atoms with Crippen molar-refractivity contribution in [3.8, 4) is 0 Å². The van der Waals surface area contributed by atoms with Gasteiger partial charge in [-0.2, -0.15) is 0 Å². The first-order valence-corrected chi connectivity index (χ1v) is 16.9. The molecule has 4 fully saturated rings. The smallest absolute Gasteiger partial charge is 0.317 e. The van der Waals surface area contributed by atoms with Gasteiger partial charge >= 0.3 is 17.9 Å². The van der Waals surface area contributed by atoms with Crippen LogP contribution in [0.2, 0.25) is 0 Å². The van der Waals surface area contributed by atoms with Crippen molar-refractivity contribution in [2.75, 3.05) is 58.9 Å². The lowest BCUT2D eigenvalue weighted by atomic mass is 9.56. The summed E-state index contributed by atoms with van der Waals surface area (Å²) < 4.78 is 0. The zero-order valence-corrected chi connectivity index (χ0v) is 25.7. The molecule has 0 spiro atoms. The number of aliphatic carboxylic acids is 3. The van der Waals surface area contributed by atoms with Gasteiger partial charge in [0, 0.05) is 50.8 Å². The van der Waals surface area contributed by atoms with Crippen molar-refractivity contribution in [1.29, 1.82) is 0 Å². The van der Waals surface area contributed by atoms with Gasteiger partial charge in [-0.05, 0) is 56.3 Å². The third-order valence-corrected chi connectivity index (χ3v) is 10.9. The second-order valence-corrected chi connectivity index (χ2v) is 13.5. The maximum absolute atomic E-state index is 12.7. The van der Waals surface area contributed by atoms with Crippen molar-refractivity contribution < 1.29 is 29.7 Å². The molecule has 1 atom stereocenters. The number of carboxylic acids is 3. The normalized spacial score (nSPS) is 27.6. The topological polar surface area (TPSA) is 134 Å². The van der Waals surface area contributed by atoms with Crippen LogP contribution in [0.15, 0.2) is 0 Å². The zero-order valence-electron chi connectivity index (χ0n) is 25.7. The van der Waals surface area contributed by atoms with Crippen molar-refractivity contribution in [3.05, 3.63) is 0 Å². The quantitative estimate of drug-likeness (QED) is 0.315. The van der Waals surface area contributed by atoms with E-state index < -0.39 is 23.4 Å². The van der Waals surface area contributed by atoms with Crippen LogP contribution in [0.5, 0.6) is 0 Å². The van der Waals surface area contributed by atoms with Gasteiger partial charge in [-0.3, -0.25) is 29.1 Å². The number of carbonyl (C=O) groups is 3. The molecule has 3 saturated carbocycles. The molecular formula is C32H56N4O6. The third-order valence-electron chi connectivity index (χ3n) is 10.9. The molecule has 0 aromatic rings. The number of carboxylic acid groups (broad SMARTS) is 3. The van der Waals surface area contributed by atoms with E-state index in [0.717, 1.165) is 77.0 Å². The molecule has 0 aromatic carbocycles. The van der Waals surface area contributed by atoms with Crippen molar-refractivity contribution in [1.82, 2.24) is 20.0 Å². The van der Waals surface area contributed by atoms with Crippen LogP contribution in [0, 0.1) is 17.8 Å². The van der Waals surface area contributed by atoms with Crippen LogP contribution in [0.25, 0.3) is 0 Å². The van der Waals surface area contributed by atoms with Gasteiger partial charge in [0.25, 0.3) is 0 Å². The lowest BCUT2D eigenvalue weighted by Crippen LogP contribution is -2.73. The molecule has 240 valence electrons. The Labute approximate surface area is 252 Å². The molecule has 10 heteroatoms. The predicted octanol–water partition coefficient (Wildman–Crippen LogP) is 3.60. The Hall–Kier alpha value is -1.75. The van der Waals surface area contributed by atoms with Crippen molar-refractivity contribution >= 4 is 17.9 Å². The Kier molecular flexibility index (Phi) is 12.9. The number of hydrogen-bond donors (Lipinski definition) is 4. The summed E-state index contributed by atoms with van der Waals surface area (Å²) in [7, 11) is 0. The minimum absolute atomic E-state index is 0.0239. The summed E-state index contributed by atoms with van der Waals surface area (Å²) in [6.45, 7) is 3.16. The fourth-order valence-electron chi connectivity index (χ4n) is 9.44. The van der Waals surface area contributed by atoms with E-state index in [4.69, 9.17) is 0 Å². The highest BCUT2D eigenvalue weighted by molar-refractivity contribution is 5.70. The standard InChI is InChI=1S/C32H56N4O6/c37-28(38)22-34-18-16-33-17-19-36(24-30(41)42)32(26-12-6-2-7-13-26,27-14-8-3-9-15-27)31(25-10-4-1-5-11-25)35(21-20-34)23-29(39)40/h25-27,31,33H,1-24H2,(H,37,38)(H,39,40)(H,41,42). The molecule has 1 aliphatic heterocycles. The zero-order chi connectivity index (χ0) is 30.0. The number of nitrogens with one attached hydrogen (secondary N) is 1. The van der Waals surface area contributed by atoms with Gasteiger partial charge in [0.15, 0.2) is 0 Å². The fourth-order valence-corrected chi connectivity index (χ4v) is 9.44. The molecule has 4 rings (SSSR count). The summed E-state index contributed by atoms with van der Waals surface area (Å²) in [6.07, 6.45) is 16.7. The summed E-state index contributed by atoms with van der Waals surface area (Å²) in [6, 6.07) is -0.0782. The fraction of sp³-hybridized carbons (Fsp3) is 0.906. The van der Waals surface area contributed by atoms with Gasteiger partial charge in [0.2, 0.25) is 0 Å². The minimum atomic E-state index is -0.873. The van der Waals surface area contributed by atoms with Crippen LogP contribution >= 0.6 is 0 Å². The Morgan fingerprint density at radius 1 is 0.595 bits per heavy atom. The molecule has 1 unspecified atom stereocenters. The molecule has 1 heterocycles. The molecule has 0 bridgehead atoms. The minimum Gasteiger partial charge on any atom is -0.480 e. The van der Waals surface area contributed by atoms with Crippen molar-refractivity contribution in [2.24, 2.45) is 17.8 Å². The Bertz CT molecular complexity index is 851. The van der Waals surface area contributed by atoms with E-state index in [1.54, 1.807) is 0 Å². The summed E-state index contributed by atoms with van der Waals surface area (Å²) in [5.74, 6) is -1.62. The first-order valence-electron chi connectivity index (χ1n) is 16.9. The third kappa shape index (κ3) is 8.45. The Balaban J connectivity index is 1.92. The Morgan fingerprint density at radius 3 is 1.62 bits per heavy atom. The second-order valence-electron chi connectivity index (χ2n) is 13.5. The molecule has 0 radical (unpaired) electrons. The van der Waals surface area contributed by atoms with Crippen LogP contribution in [-0.4, -0.2) is 118 Å². The second kappa shape index (κ2) is 16.4. The van der Waals surface area contributed by atoms with Crippen molar-refractivity contribution in [2.45, 2.75) is 108 Å². The van der Waals surface area contributed by atoms with Gasteiger partial charge in [-0.25, -0.2) is 0 Å². The van der Waals surface area contributed by atoms with E-state index in [1.165, 1.54) is 19.3 Å². The molecule has 4 aliphatic rings. The molecule has 42 heavy (non-hydrogen) atoms. The molecule has 0 amide bonds. The summed E-state index contributed by atoms with van der Waals surface area (Å²) >= 11 is 0. The summed E-state index contributed by atoms with van der Waals surface area (Å²) in [5.41, 5.74) is -0.435.